The van der Waals surface area contributed by atoms with Crippen molar-refractivity contribution in [3.63, 3.8) is 0 Å². The predicted molar refractivity (Wildman–Crippen MR) is 241 cm³/mol. The molecule has 0 radical (unpaired) electrons. The maximum absolute atomic E-state index is 6.87. The Morgan fingerprint density at radius 1 is 0.310 bits per heavy atom. The van der Waals surface area contributed by atoms with Gasteiger partial charge in [0.2, 0.25) is 0 Å². The summed E-state index contributed by atoms with van der Waals surface area (Å²) in [6.07, 6.45) is 0. The second-order valence-corrected chi connectivity index (χ2v) is 15.2. The lowest BCUT2D eigenvalue weighted by molar-refractivity contribution is 0.666. The van der Waals surface area contributed by atoms with Crippen molar-refractivity contribution < 1.29 is 8.83 Å². The minimum absolute atomic E-state index is 0.856. The van der Waals surface area contributed by atoms with E-state index in [2.05, 4.69) is 203 Å². The highest BCUT2D eigenvalue weighted by atomic mass is 16.3. The van der Waals surface area contributed by atoms with E-state index in [1.165, 1.54) is 38.1 Å². The van der Waals surface area contributed by atoms with Crippen LogP contribution in [0.25, 0.3) is 121 Å². The Bertz CT molecular complexity index is 3750. The summed E-state index contributed by atoms with van der Waals surface area (Å²) in [5.74, 6) is 0. The standard InChI is InChI=1S/C54H32N2O2/c1-2-12-36(13-3-1)55-45-19-7-6-16-40(45)43-30-33(25-28-48(43)55)34-26-29-50-44(31-34)53-37(17-11-23-51(53)57-50)35-24-27-41-42-18-10-22-49(54(42)58-52(41)32-35)56-46-20-8-4-14-38(46)39-15-5-9-21-47(39)56/h1-32H. The molecule has 4 heteroatoms. The van der Waals surface area contributed by atoms with Gasteiger partial charge >= 0.3 is 0 Å². The monoisotopic (exact) mass is 740 g/mol. The van der Waals surface area contributed by atoms with E-state index in [9.17, 15) is 0 Å². The van der Waals surface area contributed by atoms with Crippen LogP contribution < -0.4 is 0 Å². The lowest BCUT2D eigenvalue weighted by Gasteiger charge is -2.08. The van der Waals surface area contributed by atoms with E-state index in [1.807, 2.05) is 0 Å². The van der Waals surface area contributed by atoms with E-state index in [0.717, 1.165) is 83.0 Å². The summed E-state index contributed by atoms with van der Waals surface area (Å²) in [6, 6.07) is 69.4. The first-order valence-electron chi connectivity index (χ1n) is 19.8. The molecule has 0 spiro atoms. The highest BCUT2D eigenvalue weighted by Crippen LogP contribution is 2.43. The molecule has 0 fully saturated rings. The molecule has 0 unspecified atom stereocenters. The third-order valence-electron chi connectivity index (χ3n) is 12.1. The lowest BCUT2D eigenvalue weighted by Crippen LogP contribution is -1.93. The molecule has 4 heterocycles. The van der Waals surface area contributed by atoms with Gasteiger partial charge in [-0.1, -0.05) is 115 Å². The first-order chi connectivity index (χ1) is 28.8. The topological polar surface area (TPSA) is 36.1 Å². The summed E-state index contributed by atoms with van der Waals surface area (Å²) < 4.78 is 18.1. The highest BCUT2D eigenvalue weighted by molar-refractivity contribution is 6.16. The van der Waals surface area contributed by atoms with Crippen LogP contribution in [-0.2, 0) is 0 Å². The molecule has 0 aliphatic heterocycles. The van der Waals surface area contributed by atoms with Crippen molar-refractivity contribution in [1.82, 2.24) is 9.13 Å². The van der Waals surface area contributed by atoms with Crippen LogP contribution in [0.4, 0.5) is 0 Å². The summed E-state index contributed by atoms with van der Waals surface area (Å²) in [7, 11) is 0. The minimum Gasteiger partial charge on any atom is -0.456 e. The number of hydrogen-bond donors (Lipinski definition) is 0. The number of nitrogens with zero attached hydrogens (tertiary/aromatic N) is 2. The van der Waals surface area contributed by atoms with Crippen LogP contribution in [0.5, 0.6) is 0 Å². The summed E-state index contributed by atoms with van der Waals surface area (Å²) in [5, 5.41) is 9.31. The molecule has 0 bridgehead atoms. The van der Waals surface area contributed by atoms with Gasteiger partial charge in [-0.3, -0.25) is 0 Å². The number of hydrogen-bond acceptors (Lipinski definition) is 2. The van der Waals surface area contributed by atoms with Gasteiger partial charge in [0, 0.05) is 48.8 Å². The summed E-state index contributed by atoms with van der Waals surface area (Å²) in [4.78, 5) is 0. The first kappa shape index (κ1) is 31.4. The van der Waals surface area contributed by atoms with Crippen LogP contribution in [0.15, 0.2) is 203 Å². The Balaban J connectivity index is 0.964. The number of para-hydroxylation sites is 5. The van der Waals surface area contributed by atoms with E-state index < -0.39 is 0 Å². The second kappa shape index (κ2) is 11.8. The van der Waals surface area contributed by atoms with Gasteiger partial charge in [0.1, 0.15) is 16.7 Å². The minimum atomic E-state index is 0.856. The van der Waals surface area contributed by atoms with E-state index in [-0.39, 0.29) is 0 Å². The number of benzene rings is 9. The second-order valence-electron chi connectivity index (χ2n) is 15.2. The van der Waals surface area contributed by atoms with E-state index in [4.69, 9.17) is 8.83 Å². The molecular weight excluding hydrogens is 709 g/mol. The van der Waals surface area contributed by atoms with Crippen molar-refractivity contribution in [3.05, 3.63) is 194 Å². The molecule has 9 aromatic carbocycles. The Labute approximate surface area is 332 Å². The van der Waals surface area contributed by atoms with Crippen molar-refractivity contribution in [2.45, 2.75) is 0 Å². The van der Waals surface area contributed by atoms with Crippen LogP contribution in [0, 0.1) is 0 Å². The van der Waals surface area contributed by atoms with Gasteiger partial charge in [0.25, 0.3) is 0 Å². The average Bonchev–Trinajstić information content (AvgIpc) is 4.04. The van der Waals surface area contributed by atoms with Gasteiger partial charge in [-0.15, -0.1) is 0 Å². The first-order valence-corrected chi connectivity index (χ1v) is 19.8. The molecule has 270 valence electrons. The van der Waals surface area contributed by atoms with E-state index in [1.54, 1.807) is 0 Å². The fourth-order valence-electron chi connectivity index (χ4n) is 9.56. The molecule has 0 amide bonds. The third kappa shape index (κ3) is 4.40. The summed E-state index contributed by atoms with van der Waals surface area (Å²) in [6.45, 7) is 0. The van der Waals surface area contributed by atoms with E-state index >= 15 is 0 Å². The largest absolute Gasteiger partial charge is 0.456 e. The van der Waals surface area contributed by atoms with Gasteiger partial charge < -0.3 is 18.0 Å². The molecule has 4 nitrogen and oxygen atoms in total. The molecule has 0 N–H and O–H groups in total. The quantitative estimate of drug-likeness (QED) is 0.180. The molecule has 0 saturated carbocycles. The summed E-state index contributed by atoms with van der Waals surface area (Å²) in [5.41, 5.74) is 14.9. The zero-order chi connectivity index (χ0) is 37.9. The zero-order valence-corrected chi connectivity index (χ0v) is 31.2. The molecule has 0 saturated heterocycles. The average molecular weight is 741 g/mol. The molecule has 58 heavy (non-hydrogen) atoms. The van der Waals surface area contributed by atoms with Gasteiger partial charge in [-0.2, -0.15) is 0 Å². The fraction of sp³-hybridized carbons (Fsp3) is 0. The van der Waals surface area contributed by atoms with Crippen LogP contribution in [0.3, 0.4) is 0 Å². The smallest absolute Gasteiger partial charge is 0.159 e. The predicted octanol–water partition coefficient (Wildman–Crippen LogP) is 15.0. The van der Waals surface area contributed by atoms with Crippen molar-refractivity contribution in [2.24, 2.45) is 0 Å². The zero-order valence-electron chi connectivity index (χ0n) is 31.2. The Kier molecular flexibility index (Phi) is 6.41. The van der Waals surface area contributed by atoms with Gasteiger partial charge in [-0.05, 0) is 101 Å². The summed E-state index contributed by atoms with van der Waals surface area (Å²) >= 11 is 0. The maximum Gasteiger partial charge on any atom is 0.159 e. The molecule has 0 aliphatic rings. The van der Waals surface area contributed by atoms with Crippen molar-refractivity contribution in [1.29, 1.82) is 0 Å². The van der Waals surface area contributed by atoms with Crippen LogP contribution in [0.2, 0.25) is 0 Å². The number of fused-ring (bicyclic) bond motifs is 12. The molecule has 4 aromatic heterocycles. The molecule has 13 rings (SSSR count). The molecule has 13 aromatic rings. The Hall–Kier alpha value is -7.82. The SMILES string of the molecule is c1ccc(-n2c3ccccc3c3cc(-c4ccc5oc6cccc(-c7ccc8c(c7)oc7c(-n9c%10ccccc%10c%10ccccc%109)cccc78)c6c5c4)ccc32)cc1. The van der Waals surface area contributed by atoms with Gasteiger partial charge in [0.05, 0.1) is 27.8 Å². The highest BCUT2D eigenvalue weighted by Gasteiger charge is 2.20. The molecule has 0 aliphatic carbocycles. The normalized spacial score (nSPS) is 12.1. The van der Waals surface area contributed by atoms with Crippen molar-refractivity contribution in [3.8, 4) is 33.6 Å². The Morgan fingerprint density at radius 2 is 0.914 bits per heavy atom. The number of furan rings is 2. The van der Waals surface area contributed by atoms with E-state index in [0.29, 0.717) is 0 Å². The lowest BCUT2D eigenvalue weighted by atomic mass is 9.96. The van der Waals surface area contributed by atoms with Crippen molar-refractivity contribution in [2.75, 3.05) is 0 Å². The molecular formula is C54H32N2O2. The van der Waals surface area contributed by atoms with Crippen LogP contribution >= 0.6 is 0 Å². The maximum atomic E-state index is 6.87. The van der Waals surface area contributed by atoms with Crippen LogP contribution in [0.1, 0.15) is 0 Å². The molecule has 0 atom stereocenters. The Morgan fingerprint density at radius 3 is 1.69 bits per heavy atom. The number of rotatable bonds is 4. The van der Waals surface area contributed by atoms with Gasteiger partial charge in [0.15, 0.2) is 5.58 Å². The van der Waals surface area contributed by atoms with Gasteiger partial charge in [-0.25, -0.2) is 0 Å². The fourth-order valence-corrected chi connectivity index (χ4v) is 9.56. The van der Waals surface area contributed by atoms with Crippen molar-refractivity contribution >= 4 is 87.5 Å². The van der Waals surface area contributed by atoms with Crippen LogP contribution in [-0.4, -0.2) is 9.13 Å². The third-order valence-corrected chi connectivity index (χ3v) is 12.1. The number of aromatic nitrogens is 2.